The van der Waals surface area contributed by atoms with Crippen molar-refractivity contribution < 1.29 is 4.79 Å². The summed E-state index contributed by atoms with van der Waals surface area (Å²) in [5.74, 6) is -0.239. The van der Waals surface area contributed by atoms with E-state index >= 15 is 0 Å². The second kappa shape index (κ2) is 8.99. The van der Waals surface area contributed by atoms with E-state index in [0.717, 1.165) is 0 Å². The van der Waals surface area contributed by atoms with E-state index in [4.69, 9.17) is 58.6 Å². The van der Waals surface area contributed by atoms with Crippen LogP contribution in [0.25, 0.3) is 0 Å². The van der Waals surface area contributed by atoms with Crippen LogP contribution in [0, 0.1) is 0 Å². The Bertz CT molecular complexity index is 536. The lowest BCUT2D eigenvalue weighted by atomic mass is 10.3. The van der Waals surface area contributed by atoms with E-state index in [-0.39, 0.29) is 11.0 Å². The molecule has 1 rings (SSSR count). The predicted octanol–water partition coefficient (Wildman–Crippen LogP) is 4.24. The normalized spacial score (nSPS) is 12.4. The molecule has 1 aromatic carbocycles. The largest absolute Gasteiger partial charge is 0.339 e. The third-order valence-corrected chi connectivity index (χ3v) is 3.58. The molecule has 122 valence electrons. The molecule has 0 saturated carbocycles. The number of hydrogen-bond acceptors (Lipinski definition) is 2. The van der Waals surface area contributed by atoms with Crippen LogP contribution in [0.2, 0.25) is 5.02 Å². The van der Waals surface area contributed by atoms with Gasteiger partial charge in [-0.3, -0.25) is 4.79 Å². The summed E-state index contributed by atoms with van der Waals surface area (Å²) in [6.45, 7) is 1.88. The van der Waals surface area contributed by atoms with Gasteiger partial charge in [0.25, 0.3) is 0 Å². The molecule has 3 N–H and O–H groups in total. The molecule has 0 bridgehead atoms. The van der Waals surface area contributed by atoms with E-state index in [1.165, 1.54) is 0 Å². The van der Waals surface area contributed by atoms with E-state index in [9.17, 15) is 4.79 Å². The zero-order valence-electron chi connectivity index (χ0n) is 11.6. The Morgan fingerprint density at radius 3 is 2.55 bits per heavy atom. The van der Waals surface area contributed by atoms with Crippen molar-refractivity contribution in [3.05, 3.63) is 29.3 Å². The minimum atomic E-state index is -1.76. The molecular formula is C13H15Cl4N3OS. The summed E-state index contributed by atoms with van der Waals surface area (Å²) >= 11 is 28.6. The van der Waals surface area contributed by atoms with Gasteiger partial charge in [-0.05, 0) is 36.8 Å². The maximum Gasteiger partial charge on any atom is 0.228 e. The zero-order valence-corrected chi connectivity index (χ0v) is 15.5. The summed E-state index contributed by atoms with van der Waals surface area (Å²) in [6.07, 6.45) is 0.0487. The number of benzene rings is 1. The molecule has 0 spiro atoms. The average molecular weight is 403 g/mol. The highest BCUT2D eigenvalue weighted by Gasteiger charge is 2.34. The quantitative estimate of drug-likeness (QED) is 0.391. The molecule has 1 aromatic rings. The van der Waals surface area contributed by atoms with Crippen molar-refractivity contribution in [1.82, 2.24) is 10.6 Å². The van der Waals surface area contributed by atoms with Crippen LogP contribution in [0.15, 0.2) is 24.3 Å². The van der Waals surface area contributed by atoms with Crippen molar-refractivity contribution in [2.45, 2.75) is 29.7 Å². The zero-order chi connectivity index (χ0) is 16.8. The highest BCUT2D eigenvalue weighted by Crippen LogP contribution is 2.29. The number of alkyl halides is 3. The van der Waals surface area contributed by atoms with E-state index in [2.05, 4.69) is 16.0 Å². The van der Waals surface area contributed by atoms with Gasteiger partial charge in [-0.1, -0.05) is 59.4 Å². The monoisotopic (exact) mass is 401 g/mol. The van der Waals surface area contributed by atoms with Crippen LogP contribution >= 0.6 is 58.6 Å². The predicted molar refractivity (Wildman–Crippen MR) is 97.9 cm³/mol. The third kappa shape index (κ3) is 7.20. The highest BCUT2D eigenvalue weighted by atomic mass is 35.6. The summed E-state index contributed by atoms with van der Waals surface area (Å²) in [5, 5.41) is 9.00. The summed E-state index contributed by atoms with van der Waals surface area (Å²) in [7, 11) is 0. The molecule has 0 radical (unpaired) electrons. The molecule has 4 nitrogen and oxygen atoms in total. The van der Waals surface area contributed by atoms with E-state index in [1.807, 2.05) is 6.92 Å². The molecule has 9 heteroatoms. The van der Waals surface area contributed by atoms with Gasteiger partial charge in [0.05, 0.1) is 0 Å². The number of thiocarbonyl (C=S) groups is 1. The van der Waals surface area contributed by atoms with Crippen molar-refractivity contribution in [2.75, 3.05) is 5.32 Å². The summed E-state index contributed by atoms with van der Waals surface area (Å²) in [4.78, 5) is 11.7. The molecule has 1 amide bonds. The lowest BCUT2D eigenvalue weighted by Gasteiger charge is -2.27. The van der Waals surface area contributed by atoms with Gasteiger partial charge in [-0.25, -0.2) is 0 Å². The Balaban J connectivity index is 2.68. The molecular weight excluding hydrogens is 388 g/mol. The van der Waals surface area contributed by atoms with Gasteiger partial charge in [0, 0.05) is 17.1 Å². The second-order valence-electron chi connectivity index (χ2n) is 4.40. The molecule has 0 aliphatic carbocycles. The molecule has 0 saturated heterocycles. The Morgan fingerprint density at radius 2 is 2.00 bits per heavy atom. The first-order valence-electron chi connectivity index (χ1n) is 6.41. The fourth-order valence-electron chi connectivity index (χ4n) is 1.52. The first-order chi connectivity index (χ1) is 10.2. The van der Waals surface area contributed by atoms with Gasteiger partial charge in [-0.15, -0.1) is 0 Å². The molecule has 22 heavy (non-hydrogen) atoms. The number of carbonyl (C=O) groups is 1. The topological polar surface area (TPSA) is 53.2 Å². The van der Waals surface area contributed by atoms with Crippen molar-refractivity contribution in [3.63, 3.8) is 0 Å². The van der Waals surface area contributed by atoms with E-state index in [0.29, 0.717) is 23.6 Å². The van der Waals surface area contributed by atoms with E-state index in [1.54, 1.807) is 24.3 Å². The molecule has 0 heterocycles. The molecule has 0 aliphatic rings. The summed E-state index contributed by atoms with van der Waals surface area (Å²) < 4.78 is -1.76. The lowest BCUT2D eigenvalue weighted by molar-refractivity contribution is -0.121. The Morgan fingerprint density at radius 1 is 1.32 bits per heavy atom. The number of carbonyl (C=O) groups excluding carboxylic acids is 1. The van der Waals surface area contributed by atoms with Gasteiger partial charge in [0.2, 0.25) is 9.70 Å². The van der Waals surface area contributed by atoms with Crippen LogP contribution < -0.4 is 16.0 Å². The Hall–Kier alpha value is -0.460. The summed E-state index contributed by atoms with van der Waals surface area (Å²) in [5.41, 5.74) is 0.674. The van der Waals surface area contributed by atoms with Crippen LogP contribution in [0.4, 0.5) is 5.69 Å². The maximum absolute atomic E-state index is 11.7. The van der Waals surface area contributed by atoms with Crippen LogP contribution in [0.1, 0.15) is 19.8 Å². The smallest absolute Gasteiger partial charge is 0.228 e. The molecule has 0 aliphatic heterocycles. The van der Waals surface area contributed by atoms with E-state index < -0.39 is 9.96 Å². The Kier molecular flexibility index (Phi) is 8.00. The number of anilines is 1. The lowest BCUT2D eigenvalue weighted by Crippen LogP contribution is -2.56. The van der Waals surface area contributed by atoms with Crippen molar-refractivity contribution >= 4 is 75.3 Å². The number of rotatable bonds is 5. The molecule has 0 aromatic heterocycles. The first kappa shape index (κ1) is 19.6. The molecule has 0 fully saturated rings. The molecule has 1 atom stereocenters. The van der Waals surface area contributed by atoms with Crippen LogP contribution in [-0.4, -0.2) is 21.0 Å². The average Bonchev–Trinajstić information content (AvgIpc) is 2.37. The second-order valence-corrected chi connectivity index (χ2v) is 7.61. The van der Waals surface area contributed by atoms with Crippen molar-refractivity contribution in [1.29, 1.82) is 0 Å². The van der Waals surface area contributed by atoms with Crippen LogP contribution in [-0.2, 0) is 4.79 Å². The highest BCUT2D eigenvalue weighted by molar-refractivity contribution is 7.80. The van der Waals surface area contributed by atoms with Gasteiger partial charge in [-0.2, -0.15) is 0 Å². The SMILES string of the molecule is CCCC(=O)N[C@@H](NC(=S)Nc1cccc(Cl)c1)C(Cl)(Cl)Cl. The fraction of sp³-hybridized carbons (Fsp3) is 0.385. The van der Waals surface area contributed by atoms with Crippen molar-refractivity contribution in [2.24, 2.45) is 0 Å². The Labute approximate surface area is 154 Å². The third-order valence-electron chi connectivity index (χ3n) is 2.47. The van der Waals surface area contributed by atoms with Gasteiger partial charge >= 0.3 is 0 Å². The van der Waals surface area contributed by atoms with Crippen LogP contribution in [0.3, 0.4) is 0 Å². The van der Waals surface area contributed by atoms with Crippen LogP contribution in [0.5, 0.6) is 0 Å². The summed E-state index contributed by atoms with van der Waals surface area (Å²) in [6, 6.07) is 6.97. The molecule has 0 unspecified atom stereocenters. The van der Waals surface area contributed by atoms with Gasteiger partial charge in [0.15, 0.2) is 5.11 Å². The number of nitrogens with one attached hydrogen (secondary N) is 3. The minimum Gasteiger partial charge on any atom is -0.339 e. The number of amides is 1. The fourth-order valence-corrected chi connectivity index (χ4v) is 2.28. The number of halogens is 4. The standard InChI is InChI=1S/C13H15Cl4N3OS/c1-2-4-10(21)19-11(13(15,16)17)20-12(22)18-9-6-3-5-8(14)7-9/h3,5-7,11H,2,4H2,1H3,(H,19,21)(H2,18,20,22)/t11-/m0/s1. The van der Waals surface area contributed by atoms with Gasteiger partial charge < -0.3 is 16.0 Å². The maximum atomic E-state index is 11.7. The van der Waals surface area contributed by atoms with Gasteiger partial charge in [0.1, 0.15) is 6.17 Å². The van der Waals surface area contributed by atoms with Crippen molar-refractivity contribution in [3.8, 4) is 0 Å². The number of hydrogen-bond donors (Lipinski definition) is 3. The first-order valence-corrected chi connectivity index (χ1v) is 8.33. The minimum absolute atomic E-state index is 0.190.